The minimum Gasteiger partial charge on any atom is -0.378 e. The van der Waals surface area contributed by atoms with Crippen LogP contribution in [0.1, 0.15) is 41.7 Å². The summed E-state index contributed by atoms with van der Waals surface area (Å²) in [5.74, 6) is -0.0755. The summed E-state index contributed by atoms with van der Waals surface area (Å²) in [4.78, 5) is 18.9. The molecule has 1 unspecified atom stereocenters. The fourth-order valence-corrected chi connectivity index (χ4v) is 6.16. The van der Waals surface area contributed by atoms with Gasteiger partial charge in [0.15, 0.2) is 0 Å². The first-order chi connectivity index (χ1) is 13.8. The number of halogens is 1. The Hall–Kier alpha value is -2.16. The van der Waals surface area contributed by atoms with Gasteiger partial charge in [0.25, 0.3) is 5.91 Å². The van der Waals surface area contributed by atoms with Gasteiger partial charge in [-0.1, -0.05) is 11.6 Å². The number of amides is 1. The van der Waals surface area contributed by atoms with Gasteiger partial charge in [-0.05, 0) is 49.6 Å². The number of aromatic nitrogens is 1. The summed E-state index contributed by atoms with van der Waals surface area (Å²) in [6.07, 6.45) is 4.91. The lowest BCUT2D eigenvalue weighted by atomic mass is 10.1. The monoisotopic (exact) mass is 432 g/mol. The van der Waals surface area contributed by atoms with Crippen molar-refractivity contribution in [2.24, 2.45) is 0 Å². The molecule has 0 radical (unpaired) electrons. The van der Waals surface area contributed by atoms with Gasteiger partial charge in [0.05, 0.1) is 41.1 Å². The number of carbonyl (C=O) groups is 1. The molecule has 1 saturated carbocycles. The number of carbonyl (C=O) groups excluding carboxylic acids is 1. The number of benzene rings is 1. The van der Waals surface area contributed by atoms with E-state index in [1.165, 1.54) is 0 Å². The molecular formula is C20H21ClN4O3S. The summed E-state index contributed by atoms with van der Waals surface area (Å²) >= 11 is 6.10. The largest absolute Gasteiger partial charge is 0.378 e. The summed E-state index contributed by atoms with van der Waals surface area (Å²) in [7, 11) is -3.11. The topological polar surface area (TPSA) is 82.6 Å². The highest BCUT2D eigenvalue weighted by atomic mass is 35.5. The minimum absolute atomic E-state index is 0.0447. The average molecular weight is 433 g/mol. The molecule has 2 aliphatic heterocycles. The fraction of sp³-hybridized carbons (Fsp3) is 0.400. The van der Waals surface area contributed by atoms with E-state index in [0.717, 1.165) is 24.1 Å². The van der Waals surface area contributed by atoms with Crippen molar-refractivity contribution in [3.05, 3.63) is 52.8 Å². The Kier molecular flexibility index (Phi) is 4.34. The molecule has 0 spiro atoms. The van der Waals surface area contributed by atoms with Crippen LogP contribution in [0.3, 0.4) is 0 Å². The molecule has 0 bridgehead atoms. The molecule has 3 heterocycles. The Morgan fingerprint density at radius 3 is 2.66 bits per heavy atom. The fourth-order valence-electron chi connectivity index (χ4n) is 4.05. The van der Waals surface area contributed by atoms with Crippen molar-refractivity contribution < 1.29 is 13.2 Å². The van der Waals surface area contributed by atoms with Crippen LogP contribution in [-0.2, 0) is 10.0 Å². The van der Waals surface area contributed by atoms with E-state index in [9.17, 15) is 13.2 Å². The van der Waals surface area contributed by atoms with Crippen LogP contribution in [0.5, 0.6) is 0 Å². The number of hydrogen-bond acceptors (Lipinski definition) is 5. The van der Waals surface area contributed by atoms with E-state index in [2.05, 4.69) is 10.3 Å². The van der Waals surface area contributed by atoms with Gasteiger partial charge in [0.1, 0.15) is 0 Å². The molecule has 7 nitrogen and oxygen atoms in total. The summed E-state index contributed by atoms with van der Waals surface area (Å²) in [6.45, 7) is 2.89. The second-order valence-corrected chi connectivity index (χ2v) is 10.6. The lowest BCUT2D eigenvalue weighted by Crippen LogP contribution is -2.57. The summed E-state index contributed by atoms with van der Waals surface area (Å²) in [6, 6.07) is 7.10. The van der Waals surface area contributed by atoms with E-state index in [1.807, 2.05) is 19.1 Å². The number of pyridine rings is 1. The predicted molar refractivity (Wildman–Crippen MR) is 112 cm³/mol. The standard InChI is InChI=1S/C20H21ClN4O3S/c1-12-19-6-13(21)2-5-18(19)20(26)25(12)16-7-14(8-22-9-16)23-15-10-24(11-15)29(27,28)17-3-4-17/h2,5-9,12,15,17,23H,3-4,10-11H2,1H3. The van der Waals surface area contributed by atoms with Crippen LogP contribution in [0.25, 0.3) is 0 Å². The average Bonchev–Trinajstić information content (AvgIpc) is 3.47. The molecule has 1 aromatic carbocycles. The molecule has 2 fully saturated rings. The highest BCUT2D eigenvalue weighted by Crippen LogP contribution is 2.39. The van der Waals surface area contributed by atoms with Crippen LogP contribution in [0.4, 0.5) is 11.4 Å². The molecule has 29 heavy (non-hydrogen) atoms. The van der Waals surface area contributed by atoms with Crippen LogP contribution >= 0.6 is 11.6 Å². The Balaban J connectivity index is 1.30. The van der Waals surface area contributed by atoms with E-state index in [-0.39, 0.29) is 23.2 Å². The lowest BCUT2D eigenvalue weighted by Gasteiger charge is -2.39. The third-order valence-electron chi connectivity index (χ3n) is 5.83. The SMILES string of the molecule is CC1c2cc(Cl)ccc2C(=O)N1c1cncc(NC2CN(S(=O)(=O)C3CC3)C2)c1. The molecule has 9 heteroatoms. The Bertz CT molecular complexity index is 1100. The van der Waals surface area contributed by atoms with E-state index < -0.39 is 10.0 Å². The molecule has 1 atom stereocenters. The molecule has 1 N–H and O–H groups in total. The smallest absolute Gasteiger partial charge is 0.259 e. The maximum Gasteiger partial charge on any atom is 0.259 e. The Morgan fingerprint density at radius 2 is 1.93 bits per heavy atom. The summed E-state index contributed by atoms with van der Waals surface area (Å²) in [5, 5.41) is 3.77. The lowest BCUT2D eigenvalue weighted by molar-refractivity contribution is 0.0992. The molecular weight excluding hydrogens is 412 g/mol. The zero-order chi connectivity index (χ0) is 20.3. The van der Waals surface area contributed by atoms with Crippen LogP contribution < -0.4 is 10.2 Å². The molecule has 1 saturated heterocycles. The van der Waals surface area contributed by atoms with Gasteiger partial charge in [0, 0.05) is 23.7 Å². The van der Waals surface area contributed by atoms with Gasteiger partial charge >= 0.3 is 0 Å². The third-order valence-corrected chi connectivity index (χ3v) is 8.39. The van der Waals surface area contributed by atoms with Gasteiger partial charge in [-0.25, -0.2) is 8.42 Å². The second-order valence-electron chi connectivity index (χ2n) is 7.92. The van der Waals surface area contributed by atoms with Crippen molar-refractivity contribution in [1.82, 2.24) is 9.29 Å². The van der Waals surface area contributed by atoms with E-state index in [1.54, 1.807) is 33.7 Å². The third kappa shape index (κ3) is 3.19. The van der Waals surface area contributed by atoms with Gasteiger partial charge in [0.2, 0.25) is 10.0 Å². The van der Waals surface area contributed by atoms with E-state index in [4.69, 9.17) is 11.6 Å². The predicted octanol–water partition coefficient (Wildman–Crippen LogP) is 3.04. The maximum atomic E-state index is 12.9. The van der Waals surface area contributed by atoms with Crippen molar-refractivity contribution >= 4 is 38.9 Å². The number of nitrogens with one attached hydrogen (secondary N) is 1. The number of rotatable bonds is 5. The molecule has 1 aromatic heterocycles. The Morgan fingerprint density at radius 1 is 1.17 bits per heavy atom. The van der Waals surface area contributed by atoms with Gasteiger partial charge in [-0.15, -0.1) is 0 Å². The highest BCUT2D eigenvalue weighted by Gasteiger charge is 2.45. The van der Waals surface area contributed by atoms with Crippen molar-refractivity contribution in [1.29, 1.82) is 0 Å². The Labute approximate surface area is 174 Å². The zero-order valence-electron chi connectivity index (χ0n) is 15.9. The number of anilines is 2. The van der Waals surface area contributed by atoms with Crippen LogP contribution in [-0.4, -0.2) is 48.0 Å². The normalized spacial score (nSPS) is 22.5. The van der Waals surface area contributed by atoms with Crippen LogP contribution in [0.15, 0.2) is 36.7 Å². The molecule has 1 aliphatic carbocycles. The van der Waals surface area contributed by atoms with Gasteiger partial charge in [-0.2, -0.15) is 4.31 Å². The van der Waals surface area contributed by atoms with Crippen molar-refractivity contribution in [2.75, 3.05) is 23.3 Å². The molecule has 3 aliphatic rings. The number of nitrogens with zero attached hydrogens (tertiary/aromatic N) is 3. The van der Waals surface area contributed by atoms with E-state index >= 15 is 0 Å². The second kappa shape index (κ2) is 6.68. The van der Waals surface area contributed by atoms with Gasteiger partial charge < -0.3 is 5.32 Å². The maximum absolute atomic E-state index is 12.9. The van der Waals surface area contributed by atoms with Gasteiger partial charge in [-0.3, -0.25) is 14.7 Å². The van der Waals surface area contributed by atoms with Crippen molar-refractivity contribution in [3.8, 4) is 0 Å². The molecule has 152 valence electrons. The number of fused-ring (bicyclic) bond motifs is 1. The molecule has 1 amide bonds. The zero-order valence-corrected chi connectivity index (χ0v) is 17.4. The summed E-state index contributed by atoms with van der Waals surface area (Å²) in [5.41, 5.74) is 3.02. The van der Waals surface area contributed by atoms with Crippen LogP contribution in [0, 0.1) is 0 Å². The quantitative estimate of drug-likeness (QED) is 0.785. The summed E-state index contributed by atoms with van der Waals surface area (Å²) < 4.78 is 26.0. The van der Waals surface area contributed by atoms with Crippen molar-refractivity contribution in [3.63, 3.8) is 0 Å². The first kappa shape index (κ1) is 18.8. The minimum atomic E-state index is -3.11. The molecule has 2 aromatic rings. The number of hydrogen-bond donors (Lipinski definition) is 1. The first-order valence-electron chi connectivity index (χ1n) is 9.68. The number of sulfonamides is 1. The highest BCUT2D eigenvalue weighted by molar-refractivity contribution is 7.90. The van der Waals surface area contributed by atoms with E-state index in [0.29, 0.717) is 29.4 Å². The molecule has 5 rings (SSSR count). The van der Waals surface area contributed by atoms with Crippen LogP contribution in [0.2, 0.25) is 5.02 Å². The first-order valence-corrected chi connectivity index (χ1v) is 11.6. The van der Waals surface area contributed by atoms with Crippen molar-refractivity contribution in [2.45, 2.75) is 37.1 Å².